The standard InChI is InChI=1S/C15H24ClNO/c1-11(17)9-12-5-6-14(13(16)10-12)18-8-7-15(2,3)4/h5-6,10-11H,7-9,17H2,1-4H3. The second-order valence-electron chi connectivity index (χ2n) is 6.11. The maximum absolute atomic E-state index is 6.20. The molecule has 1 rings (SSSR count). The van der Waals surface area contributed by atoms with Gasteiger partial charge in [-0.25, -0.2) is 0 Å². The van der Waals surface area contributed by atoms with Crippen LogP contribution >= 0.6 is 11.6 Å². The summed E-state index contributed by atoms with van der Waals surface area (Å²) in [6.45, 7) is 9.27. The summed E-state index contributed by atoms with van der Waals surface area (Å²) in [5, 5.41) is 0.669. The molecule has 0 aliphatic rings. The Kier molecular flexibility index (Phi) is 5.48. The summed E-state index contributed by atoms with van der Waals surface area (Å²) in [6.07, 6.45) is 1.84. The molecule has 0 saturated carbocycles. The van der Waals surface area contributed by atoms with Gasteiger partial charge < -0.3 is 10.5 Å². The van der Waals surface area contributed by atoms with Gasteiger partial charge in [0.25, 0.3) is 0 Å². The zero-order valence-electron chi connectivity index (χ0n) is 11.8. The molecule has 102 valence electrons. The van der Waals surface area contributed by atoms with Crippen molar-refractivity contribution in [2.45, 2.75) is 46.6 Å². The monoisotopic (exact) mass is 269 g/mol. The van der Waals surface area contributed by atoms with Gasteiger partial charge in [0, 0.05) is 6.04 Å². The van der Waals surface area contributed by atoms with Crippen molar-refractivity contribution >= 4 is 11.6 Å². The van der Waals surface area contributed by atoms with E-state index in [2.05, 4.69) is 20.8 Å². The largest absolute Gasteiger partial charge is 0.492 e. The Morgan fingerprint density at radius 2 is 2.00 bits per heavy atom. The lowest BCUT2D eigenvalue weighted by molar-refractivity contribution is 0.243. The molecule has 0 amide bonds. The molecule has 3 heteroatoms. The number of hydrogen-bond donors (Lipinski definition) is 1. The molecule has 0 heterocycles. The topological polar surface area (TPSA) is 35.2 Å². The summed E-state index contributed by atoms with van der Waals surface area (Å²) in [5.74, 6) is 0.759. The third-order valence-electron chi connectivity index (χ3n) is 2.66. The lowest BCUT2D eigenvalue weighted by Gasteiger charge is -2.18. The fourth-order valence-electron chi connectivity index (χ4n) is 1.63. The predicted octanol–water partition coefficient (Wildman–Crippen LogP) is 4.04. The Balaban J connectivity index is 2.57. The third-order valence-corrected chi connectivity index (χ3v) is 2.96. The highest BCUT2D eigenvalue weighted by Gasteiger charge is 2.11. The van der Waals surface area contributed by atoms with Crippen molar-refractivity contribution in [1.29, 1.82) is 0 Å². The Bertz CT molecular complexity index is 383. The fourth-order valence-corrected chi connectivity index (χ4v) is 1.89. The summed E-state index contributed by atoms with van der Waals surface area (Å²) in [7, 11) is 0. The molecule has 1 unspecified atom stereocenters. The maximum Gasteiger partial charge on any atom is 0.137 e. The average Bonchev–Trinajstić information content (AvgIpc) is 2.18. The fraction of sp³-hybridized carbons (Fsp3) is 0.600. The van der Waals surface area contributed by atoms with Crippen molar-refractivity contribution in [3.63, 3.8) is 0 Å². The van der Waals surface area contributed by atoms with Crippen molar-refractivity contribution in [2.24, 2.45) is 11.1 Å². The summed E-state index contributed by atoms with van der Waals surface area (Å²) in [6, 6.07) is 6.05. The second-order valence-corrected chi connectivity index (χ2v) is 6.51. The van der Waals surface area contributed by atoms with Crippen LogP contribution in [0.2, 0.25) is 5.02 Å². The highest BCUT2D eigenvalue weighted by atomic mass is 35.5. The average molecular weight is 270 g/mol. The molecule has 1 aromatic rings. The normalized spacial score (nSPS) is 13.4. The van der Waals surface area contributed by atoms with Gasteiger partial charge in [0.2, 0.25) is 0 Å². The molecule has 1 aromatic carbocycles. The Labute approximate surface area is 115 Å². The van der Waals surface area contributed by atoms with Gasteiger partial charge in [-0.15, -0.1) is 0 Å². The molecule has 0 spiro atoms. The van der Waals surface area contributed by atoms with E-state index in [1.54, 1.807) is 0 Å². The molecule has 18 heavy (non-hydrogen) atoms. The SMILES string of the molecule is CC(N)Cc1ccc(OCCC(C)(C)C)c(Cl)c1. The molecular weight excluding hydrogens is 246 g/mol. The van der Waals surface area contributed by atoms with E-state index in [0.29, 0.717) is 11.6 Å². The minimum atomic E-state index is 0.147. The van der Waals surface area contributed by atoms with Gasteiger partial charge in [-0.05, 0) is 42.9 Å². The van der Waals surface area contributed by atoms with Gasteiger partial charge in [-0.2, -0.15) is 0 Å². The van der Waals surface area contributed by atoms with Gasteiger partial charge in [-0.1, -0.05) is 38.4 Å². The molecular formula is C15H24ClNO. The van der Waals surface area contributed by atoms with E-state index in [0.717, 1.165) is 24.2 Å². The number of ether oxygens (including phenoxy) is 1. The van der Waals surface area contributed by atoms with Crippen molar-refractivity contribution in [2.75, 3.05) is 6.61 Å². The highest BCUT2D eigenvalue weighted by molar-refractivity contribution is 6.32. The molecule has 0 aliphatic carbocycles. The van der Waals surface area contributed by atoms with Crippen molar-refractivity contribution in [1.82, 2.24) is 0 Å². The van der Waals surface area contributed by atoms with Crippen LogP contribution in [0, 0.1) is 5.41 Å². The number of nitrogens with two attached hydrogens (primary N) is 1. The van der Waals surface area contributed by atoms with Gasteiger partial charge in [0.05, 0.1) is 11.6 Å². The van der Waals surface area contributed by atoms with Crippen LogP contribution in [0.25, 0.3) is 0 Å². The van der Waals surface area contributed by atoms with Crippen LogP contribution in [0.3, 0.4) is 0 Å². The zero-order valence-corrected chi connectivity index (χ0v) is 12.6. The van der Waals surface area contributed by atoms with Crippen molar-refractivity contribution in [3.8, 4) is 5.75 Å². The van der Waals surface area contributed by atoms with E-state index >= 15 is 0 Å². The van der Waals surface area contributed by atoms with E-state index in [4.69, 9.17) is 22.1 Å². The van der Waals surface area contributed by atoms with E-state index in [-0.39, 0.29) is 11.5 Å². The van der Waals surface area contributed by atoms with E-state index in [1.807, 2.05) is 25.1 Å². The zero-order chi connectivity index (χ0) is 13.8. The summed E-state index contributed by atoms with van der Waals surface area (Å²) < 4.78 is 5.71. The van der Waals surface area contributed by atoms with E-state index in [1.165, 1.54) is 0 Å². The molecule has 0 saturated heterocycles. The van der Waals surface area contributed by atoms with Crippen molar-refractivity contribution in [3.05, 3.63) is 28.8 Å². The van der Waals surface area contributed by atoms with E-state index in [9.17, 15) is 0 Å². The quantitative estimate of drug-likeness (QED) is 0.875. The molecule has 0 bridgehead atoms. The smallest absolute Gasteiger partial charge is 0.137 e. The first-order chi connectivity index (χ1) is 8.28. The van der Waals surface area contributed by atoms with Gasteiger partial charge in [0.15, 0.2) is 0 Å². The number of hydrogen-bond acceptors (Lipinski definition) is 2. The molecule has 1 atom stereocenters. The Morgan fingerprint density at radius 1 is 1.33 bits per heavy atom. The first-order valence-corrected chi connectivity index (χ1v) is 6.82. The molecule has 0 radical (unpaired) electrons. The van der Waals surface area contributed by atoms with Crippen LogP contribution in [0.1, 0.15) is 39.7 Å². The van der Waals surface area contributed by atoms with Gasteiger partial charge in [0.1, 0.15) is 5.75 Å². The summed E-state index contributed by atoms with van der Waals surface area (Å²) in [4.78, 5) is 0. The van der Waals surface area contributed by atoms with Crippen LogP contribution in [-0.2, 0) is 6.42 Å². The first kappa shape index (κ1) is 15.3. The lowest BCUT2D eigenvalue weighted by atomic mass is 9.93. The predicted molar refractivity (Wildman–Crippen MR) is 78.4 cm³/mol. The summed E-state index contributed by atoms with van der Waals surface area (Å²) in [5.41, 5.74) is 7.20. The maximum atomic E-state index is 6.20. The molecule has 0 aliphatic heterocycles. The van der Waals surface area contributed by atoms with Crippen LogP contribution in [-0.4, -0.2) is 12.6 Å². The molecule has 0 fully saturated rings. The molecule has 2 nitrogen and oxygen atoms in total. The van der Waals surface area contributed by atoms with Crippen LogP contribution in [0.4, 0.5) is 0 Å². The van der Waals surface area contributed by atoms with Crippen LogP contribution in [0.5, 0.6) is 5.75 Å². The number of rotatable bonds is 5. The lowest BCUT2D eigenvalue weighted by Crippen LogP contribution is -2.17. The first-order valence-electron chi connectivity index (χ1n) is 6.45. The van der Waals surface area contributed by atoms with Crippen LogP contribution < -0.4 is 10.5 Å². The third kappa shape index (κ3) is 5.74. The summed E-state index contributed by atoms with van der Waals surface area (Å²) >= 11 is 6.20. The number of benzene rings is 1. The highest BCUT2D eigenvalue weighted by Crippen LogP contribution is 2.27. The minimum absolute atomic E-state index is 0.147. The second kappa shape index (κ2) is 6.44. The minimum Gasteiger partial charge on any atom is -0.492 e. The van der Waals surface area contributed by atoms with Gasteiger partial charge in [-0.3, -0.25) is 0 Å². The Hall–Kier alpha value is -0.730. The van der Waals surface area contributed by atoms with Gasteiger partial charge >= 0.3 is 0 Å². The Morgan fingerprint density at radius 3 is 2.50 bits per heavy atom. The van der Waals surface area contributed by atoms with E-state index < -0.39 is 0 Å². The number of halogens is 1. The molecule has 0 aromatic heterocycles. The van der Waals surface area contributed by atoms with Crippen molar-refractivity contribution < 1.29 is 4.74 Å². The van der Waals surface area contributed by atoms with Crippen LogP contribution in [0.15, 0.2) is 18.2 Å². The molecule has 2 N–H and O–H groups in total.